The predicted molar refractivity (Wildman–Crippen MR) is 433 cm³/mol. The number of carbonyl (C=O) groups is 1. The van der Waals surface area contributed by atoms with E-state index in [0.29, 0.717) is 46.7 Å². The molecule has 3 unspecified atom stereocenters. The lowest BCUT2D eigenvalue weighted by Crippen LogP contribution is -2.54. The number of rotatable bonds is 11. The predicted octanol–water partition coefficient (Wildman–Crippen LogP) is 14.0. The Morgan fingerprint density at radius 3 is 1.54 bits per heavy atom. The first kappa shape index (κ1) is 76.0. The molecule has 0 spiro atoms. The average molecular weight is 1430 g/mol. The van der Waals surface area contributed by atoms with Crippen molar-refractivity contribution in [1.82, 2.24) is 55.2 Å². The van der Waals surface area contributed by atoms with Gasteiger partial charge in [-0.15, -0.1) is 0 Å². The molecule has 4 aromatic heterocycles. The van der Waals surface area contributed by atoms with Crippen molar-refractivity contribution in [2.45, 2.75) is 123 Å². The Bertz CT molecular complexity index is 4890. The molecule has 4 saturated heterocycles. The first-order chi connectivity index (χ1) is 51.3. The number of piperazine rings is 1. The zero-order valence-electron chi connectivity index (χ0n) is 63.2. The molecule has 17 nitrogen and oxygen atoms in total. The highest BCUT2D eigenvalue weighted by Gasteiger charge is 2.32. The smallest absolute Gasteiger partial charge is 0.258 e. The molecule has 7 aromatic carbocycles. The summed E-state index contributed by atoms with van der Waals surface area (Å²) in [5.41, 5.74) is 11.6. The van der Waals surface area contributed by atoms with Crippen LogP contribution in [0.25, 0.3) is 65.5 Å². The maximum atomic E-state index is 13.4. The Hall–Kier alpha value is -9.69. The van der Waals surface area contributed by atoms with E-state index in [1.165, 1.54) is 47.2 Å². The van der Waals surface area contributed by atoms with Crippen molar-refractivity contribution < 1.29 is 9.18 Å². The lowest BCUT2D eigenvalue weighted by Gasteiger charge is -2.37. The van der Waals surface area contributed by atoms with Crippen molar-refractivity contribution in [3.63, 3.8) is 0 Å². The number of fused-ring (bicyclic) bond motifs is 5. The number of nitrogens with zero attached hydrogens (tertiary/aromatic N) is 6. The maximum Gasteiger partial charge on any atom is 0.258 e. The number of carbonyl (C=O) groups excluding carboxylic acids is 1. The monoisotopic (exact) mass is 1430 g/mol. The Morgan fingerprint density at radius 2 is 0.981 bits per heavy atom. The molecule has 6 N–H and O–H groups in total. The molecule has 5 aliphatic heterocycles. The number of likely N-dealkylation sites (N-methyl/N-ethyl adjacent to an activating group) is 1. The van der Waals surface area contributed by atoms with Gasteiger partial charge in [0.2, 0.25) is 0 Å². The van der Waals surface area contributed by atoms with E-state index in [2.05, 4.69) is 158 Å². The quantitative estimate of drug-likeness (QED) is 0.0717. The molecule has 11 aromatic rings. The SMILES string of the molecule is CC1CN(c2cc3ccccc3c(=O)[nH]2)CC(C)N1.CCN(CC)CCc1nc2c(C)cccc2c(=O)[nH]1.CN1CCC(C2Cc3ccccc3C(=O)N2)CC1.CN1CCC(c2[nH]c(=O)c3ccccc3c2-c2ccc(F)cc2)CC1.Cc1ccc(-c2c(C3CCN(C)CC3)[nH]c(=O)c3ccccc23)cc1. The number of anilines is 1. The molecule has 1 amide bonds. The minimum Gasteiger partial charge on any atom is -0.355 e. The van der Waals surface area contributed by atoms with Crippen LogP contribution in [-0.4, -0.2) is 162 Å². The number of likely N-dealkylation sites (tertiary alicyclic amines) is 3. The minimum atomic E-state index is -0.252. The number of aromatic nitrogens is 5. The van der Waals surface area contributed by atoms with Gasteiger partial charge in [-0.25, -0.2) is 9.37 Å². The van der Waals surface area contributed by atoms with E-state index in [-0.39, 0.29) is 34.0 Å². The number of aryl methyl sites for hydroxylation is 2. The lowest BCUT2D eigenvalue weighted by atomic mass is 9.83. The standard InChI is InChI=1S/C22H24N2O.C21H21FN2O.C15H19N3O.C15H21N3O.C15H20N2O/c1-15-7-9-16(10-8-15)20-18-5-3-4-6-19(18)22(25)23-21(20)17-11-13-24(2)14-12-17;1-24-12-10-15(11-13-24)20-19(14-6-8-16(22)9-7-14)17-4-2-3-5-18(17)21(25)23-20;1-10-8-18(9-11(2)16-10)14-7-12-5-3-4-6-13(12)15(19)17-14;1-4-18(5-2)10-9-13-16-14-11(3)7-6-8-12(14)15(19)17-13;1-17-8-6-11(7-9-17)14-10-12-4-2-3-5-13(12)15(18)16-14/h3-10,17H,11-14H2,1-2H3,(H,23,25);2-9,15H,10-13H2,1H3,(H,23,25);3-7,10-11,16H,8-9H2,1-2H3,(H,17,19);6-8H,4-5,9-10H2,1-3H3,(H,16,17,19);2-5,11,14H,6-10H2,1H3,(H,16,18). The molecular formula is C88H105FN12O5. The van der Waals surface area contributed by atoms with Crippen LogP contribution >= 0.6 is 0 Å². The van der Waals surface area contributed by atoms with Gasteiger partial charge in [-0.1, -0.05) is 141 Å². The number of nitrogens with one attached hydrogen (secondary N) is 6. The van der Waals surface area contributed by atoms with Gasteiger partial charge in [0.05, 0.1) is 10.9 Å². The number of piperidine rings is 3. The Balaban J connectivity index is 0.000000125. The number of benzene rings is 7. The third kappa shape index (κ3) is 18.4. The average Bonchev–Trinajstić information content (AvgIpc) is 0.754. The van der Waals surface area contributed by atoms with E-state index >= 15 is 0 Å². The van der Waals surface area contributed by atoms with Gasteiger partial charge < -0.3 is 55.1 Å². The number of amides is 1. The highest BCUT2D eigenvalue weighted by atomic mass is 19.1. The number of para-hydroxylation sites is 1. The van der Waals surface area contributed by atoms with Crippen LogP contribution in [-0.2, 0) is 12.8 Å². The molecule has 4 fully saturated rings. The molecule has 5 aliphatic rings. The second kappa shape index (κ2) is 35.1. The molecule has 554 valence electrons. The van der Waals surface area contributed by atoms with Gasteiger partial charge in [0.1, 0.15) is 17.5 Å². The Kier molecular flexibility index (Phi) is 25.2. The molecule has 18 heteroatoms. The lowest BCUT2D eigenvalue weighted by molar-refractivity contribution is 0.0883. The van der Waals surface area contributed by atoms with Gasteiger partial charge in [-0.2, -0.15) is 0 Å². The van der Waals surface area contributed by atoms with E-state index in [1.807, 2.05) is 110 Å². The molecule has 0 saturated carbocycles. The van der Waals surface area contributed by atoms with E-state index in [9.17, 15) is 28.4 Å². The molecule has 0 bridgehead atoms. The van der Waals surface area contributed by atoms with Gasteiger partial charge in [0, 0.05) is 100 Å². The summed E-state index contributed by atoms with van der Waals surface area (Å²) in [6.07, 6.45) is 8.37. The zero-order chi connectivity index (χ0) is 74.5. The fourth-order valence-corrected chi connectivity index (χ4v) is 16.1. The first-order valence-corrected chi connectivity index (χ1v) is 38.2. The van der Waals surface area contributed by atoms with Crippen LogP contribution in [0, 0.1) is 25.6 Å². The summed E-state index contributed by atoms with van der Waals surface area (Å²) in [4.78, 5) is 90.0. The molecule has 106 heavy (non-hydrogen) atoms. The molecule has 3 atom stereocenters. The van der Waals surface area contributed by atoms with E-state index < -0.39 is 0 Å². The minimum absolute atomic E-state index is 0.00746. The van der Waals surface area contributed by atoms with Gasteiger partial charge in [0.25, 0.3) is 28.1 Å². The number of halogens is 1. The van der Waals surface area contributed by atoms with Crippen LogP contribution < -0.4 is 37.8 Å². The summed E-state index contributed by atoms with van der Waals surface area (Å²) in [5, 5.41) is 12.6. The van der Waals surface area contributed by atoms with Gasteiger partial charge in [-0.05, 0) is 239 Å². The summed E-state index contributed by atoms with van der Waals surface area (Å²) in [5.74, 6) is 2.92. The number of H-pyrrole nitrogens is 4. The van der Waals surface area contributed by atoms with Crippen molar-refractivity contribution in [3.05, 3.63) is 257 Å². The highest BCUT2D eigenvalue weighted by molar-refractivity contribution is 5.99. The summed E-state index contributed by atoms with van der Waals surface area (Å²) in [6.45, 7) is 24.0. The highest BCUT2D eigenvalue weighted by Crippen LogP contribution is 2.39. The van der Waals surface area contributed by atoms with Crippen LogP contribution in [0.2, 0.25) is 0 Å². The Morgan fingerprint density at radius 1 is 0.509 bits per heavy atom. The third-order valence-corrected chi connectivity index (χ3v) is 22.2. The fraction of sp³-hybridized carbons (Fsp3) is 0.386. The summed E-state index contributed by atoms with van der Waals surface area (Å²) < 4.78 is 13.4. The first-order valence-electron chi connectivity index (χ1n) is 38.2. The summed E-state index contributed by atoms with van der Waals surface area (Å²) in [6, 6.07) is 55.5. The van der Waals surface area contributed by atoms with Crippen LogP contribution in [0.4, 0.5) is 10.2 Å². The Labute approximate surface area is 621 Å². The molecule has 0 radical (unpaired) electrons. The third-order valence-electron chi connectivity index (χ3n) is 22.2. The summed E-state index contributed by atoms with van der Waals surface area (Å²) in [7, 11) is 6.46. The van der Waals surface area contributed by atoms with E-state index in [0.717, 1.165) is 188 Å². The second-order valence-electron chi connectivity index (χ2n) is 29.9. The largest absolute Gasteiger partial charge is 0.355 e. The van der Waals surface area contributed by atoms with Crippen LogP contribution in [0.1, 0.15) is 122 Å². The van der Waals surface area contributed by atoms with Crippen LogP contribution in [0.3, 0.4) is 0 Å². The number of hydrogen-bond donors (Lipinski definition) is 6. The van der Waals surface area contributed by atoms with Crippen molar-refractivity contribution in [2.24, 2.45) is 5.92 Å². The van der Waals surface area contributed by atoms with Crippen LogP contribution in [0.5, 0.6) is 0 Å². The second-order valence-corrected chi connectivity index (χ2v) is 29.9. The zero-order valence-corrected chi connectivity index (χ0v) is 63.2. The molecule has 16 rings (SSSR count). The van der Waals surface area contributed by atoms with Crippen molar-refractivity contribution in [1.29, 1.82) is 0 Å². The summed E-state index contributed by atoms with van der Waals surface area (Å²) >= 11 is 0. The number of aromatic amines is 4. The van der Waals surface area contributed by atoms with Gasteiger partial charge >= 0.3 is 0 Å². The van der Waals surface area contributed by atoms with Crippen molar-refractivity contribution in [2.75, 3.05) is 98.0 Å². The number of hydrogen-bond acceptors (Lipinski definition) is 12. The fourth-order valence-electron chi connectivity index (χ4n) is 16.1. The van der Waals surface area contributed by atoms with Crippen molar-refractivity contribution in [3.8, 4) is 22.3 Å². The topological polar surface area (TPSA) is 202 Å². The molecular weight excluding hydrogens is 1320 g/mol. The van der Waals surface area contributed by atoms with Gasteiger partial charge in [0.15, 0.2) is 0 Å². The van der Waals surface area contributed by atoms with E-state index in [4.69, 9.17) is 0 Å². The van der Waals surface area contributed by atoms with Gasteiger partial charge in [-0.3, -0.25) is 24.0 Å². The van der Waals surface area contributed by atoms with Crippen LogP contribution in [0.15, 0.2) is 189 Å². The number of pyridine rings is 3. The molecule has 0 aliphatic carbocycles. The van der Waals surface area contributed by atoms with E-state index in [1.54, 1.807) is 12.1 Å². The normalized spacial score (nSPS) is 18.4. The van der Waals surface area contributed by atoms with Crippen molar-refractivity contribution >= 4 is 54.9 Å². The molecule has 9 heterocycles. The maximum absolute atomic E-state index is 13.4.